The van der Waals surface area contributed by atoms with E-state index in [1.165, 1.54) is 11.0 Å². The Morgan fingerprint density at radius 1 is 1.21 bits per heavy atom. The van der Waals surface area contributed by atoms with Crippen LogP contribution in [-0.4, -0.2) is 23.7 Å². The van der Waals surface area contributed by atoms with Gasteiger partial charge >= 0.3 is 0 Å². The topological polar surface area (TPSA) is 48.5 Å². The SMILES string of the molecule is [C-]#[N+]c1cc(-c2ccc(C3(C)CC(=N)N(C)C(=O)c4ccccc43)s2)ccc1F. The van der Waals surface area contributed by atoms with E-state index in [-0.39, 0.29) is 17.4 Å². The molecule has 0 saturated heterocycles. The van der Waals surface area contributed by atoms with Crippen LogP contribution >= 0.6 is 11.3 Å². The number of hydrogen-bond donors (Lipinski definition) is 1. The van der Waals surface area contributed by atoms with E-state index in [4.69, 9.17) is 12.0 Å². The van der Waals surface area contributed by atoms with E-state index < -0.39 is 11.2 Å². The molecular formula is C23H18FN3OS. The Labute approximate surface area is 172 Å². The van der Waals surface area contributed by atoms with E-state index in [9.17, 15) is 9.18 Å². The lowest BCUT2D eigenvalue weighted by molar-refractivity contribution is 0.0870. The van der Waals surface area contributed by atoms with E-state index in [0.29, 0.717) is 12.0 Å². The molecule has 4 nitrogen and oxygen atoms in total. The number of benzene rings is 2. The monoisotopic (exact) mass is 403 g/mol. The maximum atomic E-state index is 13.7. The van der Waals surface area contributed by atoms with Crippen LogP contribution in [0, 0.1) is 17.8 Å². The van der Waals surface area contributed by atoms with Crippen molar-refractivity contribution in [2.75, 3.05) is 7.05 Å². The van der Waals surface area contributed by atoms with Crippen molar-refractivity contribution in [3.8, 4) is 10.4 Å². The number of carbonyl (C=O) groups excluding carboxylic acids is 1. The van der Waals surface area contributed by atoms with Gasteiger partial charge in [-0.2, -0.15) is 0 Å². The van der Waals surface area contributed by atoms with E-state index in [2.05, 4.69) is 11.8 Å². The van der Waals surface area contributed by atoms with Gasteiger partial charge in [-0.25, -0.2) is 9.24 Å². The smallest absolute Gasteiger partial charge is 0.259 e. The van der Waals surface area contributed by atoms with Gasteiger partial charge in [0.2, 0.25) is 5.69 Å². The average Bonchev–Trinajstić information content (AvgIpc) is 3.21. The predicted octanol–water partition coefficient (Wildman–Crippen LogP) is 5.86. The minimum atomic E-state index is -0.542. The lowest BCUT2D eigenvalue weighted by Gasteiger charge is -2.29. The first-order chi connectivity index (χ1) is 13.8. The zero-order valence-corrected chi connectivity index (χ0v) is 16.8. The van der Waals surface area contributed by atoms with Gasteiger partial charge in [-0.15, -0.1) is 11.3 Å². The highest BCUT2D eigenvalue weighted by Gasteiger charge is 2.40. The van der Waals surface area contributed by atoms with Gasteiger partial charge in [0.15, 0.2) is 0 Å². The van der Waals surface area contributed by atoms with Gasteiger partial charge in [-0.05, 0) is 41.5 Å². The molecule has 3 aromatic rings. The highest BCUT2D eigenvalue weighted by Crippen LogP contribution is 2.45. The molecule has 144 valence electrons. The Hall–Kier alpha value is -3.30. The number of thiophene rings is 1. The van der Waals surface area contributed by atoms with Crippen molar-refractivity contribution < 1.29 is 9.18 Å². The molecule has 2 heterocycles. The molecule has 6 heteroatoms. The minimum absolute atomic E-state index is 0.00234. The second kappa shape index (κ2) is 6.94. The predicted molar refractivity (Wildman–Crippen MR) is 113 cm³/mol. The van der Waals surface area contributed by atoms with E-state index in [0.717, 1.165) is 20.9 Å². The summed E-state index contributed by atoms with van der Waals surface area (Å²) in [4.78, 5) is 19.4. The van der Waals surface area contributed by atoms with Crippen molar-refractivity contribution in [3.05, 3.63) is 87.8 Å². The number of amides is 1. The number of amidine groups is 1. The third kappa shape index (κ3) is 3.04. The molecular weight excluding hydrogens is 385 g/mol. The quantitative estimate of drug-likeness (QED) is 0.535. The van der Waals surface area contributed by atoms with Crippen molar-refractivity contribution >= 4 is 28.8 Å². The number of rotatable bonds is 2. The van der Waals surface area contributed by atoms with Gasteiger partial charge in [0.1, 0.15) is 11.7 Å². The molecule has 0 bridgehead atoms. The Kier molecular flexibility index (Phi) is 4.56. The van der Waals surface area contributed by atoms with Gasteiger partial charge in [0.05, 0.1) is 6.57 Å². The van der Waals surface area contributed by atoms with Gasteiger partial charge in [0, 0.05) is 34.2 Å². The zero-order valence-electron chi connectivity index (χ0n) is 16.0. The fraction of sp³-hybridized carbons (Fsp3) is 0.174. The Balaban J connectivity index is 1.85. The number of fused-ring (bicyclic) bond motifs is 1. The van der Waals surface area contributed by atoms with Crippen LogP contribution in [0.25, 0.3) is 15.3 Å². The summed E-state index contributed by atoms with van der Waals surface area (Å²) >= 11 is 1.54. The number of nitrogens with zero attached hydrogens (tertiary/aromatic N) is 2. The lowest BCUT2D eigenvalue weighted by Crippen LogP contribution is -2.33. The molecule has 29 heavy (non-hydrogen) atoms. The summed E-state index contributed by atoms with van der Waals surface area (Å²) in [6.07, 6.45) is 0.392. The first-order valence-electron chi connectivity index (χ1n) is 9.08. The summed E-state index contributed by atoms with van der Waals surface area (Å²) in [6.45, 7) is 9.19. The lowest BCUT2D eigenvalue weighted by atomic mass is 9.76. The van der Waals surface area contributed by atoms with Crippen LogP contribution in [0.1, 0.15) is 34.1 Å². The summed E-state index contributed by atoms with van der Waals surface area (Å²) < 4.78 is 13.7. The van der Waals surface area contributed by atoms with Gasteiger partial charge in [0.25, 0.3) is 5.91 Å². The molecule has 0 saturated carbocycles. The van der Waals surface area contributed by atoms with Crippen LogP contribution < -0.4 is 0 Å². The van der Waals surface area contributed by atoms with Crippen LogP contribution in [0.15, 0.2) is 54.6 Å². The maximum Gasteiger partial charge on any atom is 0.259 e. The third-order valence-corrected chi connectivity index (χ3v) is 6.88. The van der Waals surface area contributed by atoms with Gasteiger partial charge in [-0.3, -0.25) is 15.1 Å². The first-order valence-corrected chi connectivity index (χ1v) is 9.89. The summed E-state index contributed by atoms with van der Waals surface area (Å²) in [5.41, 5.74) is 1.74. The van der Waals surface area contributed by atoms with Crippen molar-refractivity contribution in [2.45, 2.75) is 18.8 Å². The molecule has 1 aliphatic rings. The highest BCUT2D eigenvalue weighted by atomic mass is 32.1. The van der Waals surface area contributed by atoms with Crippen LogP contribution in [0.3, 0.4) is 0 Å². The van der Waals surface area contributed by atoms with Crippen LogP contribution in [0.4, 0.5) is 10.1 Å². The molecule has 1 aliphatic heterocycles. The minimum Gasteiger partial charge on any atom is -0.300 e. The van der Waals surface area contributed by atoms with Crippen molar-refractivity contribution in [1.82, 2.24) is 4.90 Å². The summed E-state index contributed by atoms with van der Waals surface area (Å²) in [7, 11) is 1.64. The van der Waals surface area contributed by atoms with Gasteiger partial charge in [-0.1, -0.05) is 31.2 Å². The van der Waals surface area contributed by atoms with Crippen molar-refractivity contribution in [2.24, 2.45) is 0 Å². The summed E-state index contributed by atoms with van der Waals surface area (Å²) in [6, 6.07) is 16.0. The zero-order chi connectivity index (χ0) is 20.8. The Bertz CT molecular complexity index is 1190. The summed E-state index contributed by atoms with van der Waals surface area (Å²) in [5.74, 6) is -0.438. The molecule has 1 aromatic heterocycles. The second-order valence-corrected chi connectivity index (χ2v) is 8.39. The van der Waals surface area contributed by atoms with E-state index in [1.807, 2.05) is 36.4 Å². The molecule has 0 aliphatic carbocycles. The second-order valence-electron chi connectivity index (χ2n) is 7.31. The molecule has 0 fully saturated rings. The van der Waals surface area contributed by atoms with E-state index in [1.54, 1.807) is 30.5 Å². The maximum absolute atomic E-state index is 13.7. The molecule has 2 aromatic carbocycles. The van der Waals surface area contributed by atoms with Crippen molar-refractivity contribution in [1.29, 1.82) is 5.41 Å². The largest absolute Gasteiger partial charge is 0.300 e. The first kappa shape index (κ1) is 19.0. The fourth-order valence-corrected chi connectivity index (χ4v) is 4.93. The van der Waals surface area contributed by atoms with Crippen LogP contribution in [-0.2, 0) is 5.41 Å². The normalized spacial score (nSPS) is 18.9. The molecule has 1 atom stereocenters. The number of nitrogens with one attached hydrogen (secondary N) is 1. The standard InChI is InChI=1S/C23H18FN3OS/c1-23(13-21(25)27(3)22(28)15-6-4-5-7-16(15)23)20-11-10-19(29-20)14-8-9-17(24)18(12-14)26-2/h4-12,25H,13H2,1,3H3. The number of halogens is 1. The molecule has 1 amide bonds. The van der Waals surface area contributed by atoms with Crippen LogP contribution in [0.5, 0.6) is 0 Å². The Morgan fingerprint density at radius 2 is 1.97 bits per heavy atom. The van der Waals surface area contributed by atoms with Crippen LogP contribution in [0.2, 0.25) is 0 Å². The molecule has 0 spiro atoms. The average molecular weight is 403 g/mol. The highest BCUT2D eigenvalue weighted by molar-refractivity contribution is 7.15. The van der Waals surface area contributed by atoms with E-state index >= 15 is 0 Å². The molecule has 1 N–H and O–H groups in total. The molecule has 4 rings (SSSR count). The fourth-order valence-electron chi connectivity index (χ4n) is 3.76. The molecule has 1 unspecified atom stereocenters. The summed E-state index contributed by atoms with van der Waals surface area (Å²) in [5, 5.41) is 8.43. The van der Waals surface area contributed by atoms with Gasteiger partial charge < -0.3 is 0 Å². The number of carbonyl (C=O) groups is 1. The Morgan fingerprint density at radius 3 is 2.72 bits per heavy atom. The number of hydrogen-bond acceptors (Lipinski definition) is 3. The molecule has 0 radical (unpaired) electrons. The van der Waals surface area contributed by atoms with Crippen molar-refractivity contribution in [3.63, 3.8) is 0 Å². The third-order valence-electron chi connectivity index (χ3n) is 5.48.